The second kappa shape index (κ2) is 7.76. The Morgan fingerprint density at radius 1 is 1.36 bits per heavy atom. The van der Waals surface area contributed by atoms with Gasteiger partial charge in [0.25, 0.3) is 5.91 Å². The second-order valence-electron chi connectivity index (χ2n) is 5.88. The van der Waals surface area contributed by atoms with Crippen LogP contribution in [0.3, 0.4) is 0 Å². The minimum atomic E-state index is -0.709. The maximum Gasteiger partial charge on any atom is 0.265 e. The number of rotatable bonds is 3. The third-order valence-corrected chi connectivity index (χ3v) is 5.76. The molecule has 8 heteroatoms. The molecule has 25 heavy (non-hydrogen) atoms. The molecule has 0 aliphatic carbocycles. The summed E-state index contributed by atoms with van der Waals surface area (Å²) in [5.74, 6) is 0.250. The summed E-state index contributed by atoms with van der Waals surface area (Å²) in [6.07, 6.45) is 0.691. The highest BCUT2D eigenvalue weighted by molar-refractivity contribution is 8.13. The van der Waals surface area contributed by atoms with Crippen molar-refractivity contribution in [2.45, 2.75) is 25.8 Å². The topological polar surface area (TPSA) is 67.5 Å². The lowest BCUT2D eigenvalue weighted by atomic mass is 9.89. The molecular weight excluding hydrogens is 381 g/mol. The van der Waals surface area contributed by atoms with Crippen LogP contribution in [0, 0.1) is 12.7 Å². The summed E-state index contributed by atoms with van der Waals surface area (Å²) >= 11 is 2.90. The van der Waals surface area contributed by atoms with Crippen LogP contribution < -0.4 is 11.1 Å². The molecule has 0 fully saturated rings. The Morgan fingerprint density at radius 2 is 2.12 bits per heavy atom. The van der Waals surface area contributed by atoms with Crippen LogP contribution in [0.2, 0.25) is 0 Å². The van der Waals surface area contributed by atoms with E-state index in [4.69, 9.17) is 5.73 Å². The maximum atomic E-state index is 14.4. The van der Waals surface area contributed by atoms with Crippen LogP contribution in [-0.4, -0.2) is 16.8 Å². The summed E-state index contributed by atoms with van der Waals surface area (Å²) in [4.78, 5) is 18.4. The second-order valence-corrected chi connectivity index (χ2v) is 8.28. The molecule has 1 aliphatic rings. The molecule has 1 aromatic carbocycles. The lowest BCUT2D eigenvalue weighted by Gasteiger charge is -2.30. The number of nitrogens with two attached hydrogens (primary N) is 1. The van der Waals surface area contributed by atoms with E-state index < -0.39 is 5.54 Å². The highest BCUT2D eigenvalue weighted by atomic mass is 35.5. The first kappa shape index (κ1) is 19.8. The van der Waals surface area contributed by atoms with Gasteiger partial charge in [0, 0.05) is 21.9 Å². The van der Waals surface area contributed by atoms with Crippen LogP contribution in [-0.2, 0) is 5.54 Å². The van der Waals surface area contributed by atoms with Crippen molar-refractivity contribution in [3.63, 3.8) is 0 Å². The van der Waals surface area contributed by atoms with Gasteiger partial charge in [-0.3, -0.25) is 9.79 Å². The van der Waals surface area contributed by atoms with Gasteiger partial charge in [-0.1, -0.05) is 11.8 Å². The number of benzene rings is 1. The van der Waals surface area contributed by atoms with Gasteiger partial charge in [0.05, 0.1) is 10.4 Å². The van der Waals surface area contributed by atoms with Gasteiger partial charge >= 0.3 is 0 Å². The molecular formula is C17H19ClFN3OS2. The first-order chi connectivity index (χ1) is 11.4. The SMILES string of the molecule is Cc1ccc(C(=O)Nc2ccc(F)c([C@]3(C)CCSC(N)=N3)c2)s1.Cl. The Morgan fingerprint density at radius 3 is 2.76 bits per heavy atom. The largest absolute Gasteiger partial charge is 0.379 e. The Bertz CT molecular complexity index is 824. The molecule has 1 aromatic heterocycles. The van der Waals surface area contributed by atoms with Crippen molar-refractivity contribution < 1.29 is 9.18 Å². The molecule has 2 heterocycles. The van der Waals surface area contributed by atoms with Crippen molar-refractivity contribution in [2.24, 2.45) is 10.7 Å². The molecule has 2 aromatic rings. The molecule has 3 N–H and O–H groups in total. The van der Waals surface area contributed by atoms with Gasteiger partial charge in [-0.15, -0.1) is 23.7 Å². The molecule has 134 valence electrons. The third-order valence-electron chi connectivity index (χ3n) is 3.96. The number of halogens is 2. The van der Waals surface area contributed by atoms with Gasteiger partial charge in [-0.25, -0.2) is 4.39 Å². The molecule has 1 aliphatic heterocycles. The number of amidine groups is 1. The number of anilines is 1. The third kappa shape index (κ3) is 4.34. The van der Waals surface area contributed by atoms with Crippen molar-refractivity contribution in [2.75, 3.05) is 11.1 Å². The van der Waals surface area contributed by atoms with Gasteiger partial charge in [0.2, 0.25) is 0 Å². The number of thioether (sulfide) groups is 1. The first-order valence-electron chi connectivity index (χ1n) is 7.53. The quantitative estimate of drug-likeness (QED) is 0.796. The zero-order valence-corrected chi connectivity index (χ0v) is 16.3. The molecule has 0 radical (unpaired) electrons. The molecule has 3 rings (SSSR count). The number of aryl methyl sites for hydroxylation is 1. The first-order valence-corrected chi connectivity index (χ1v) is 9.33. The van der Waals surface area contributed by atoms with Crippen molar-refractivity contribution in [3.8, 4) is 0 Å². The lowest BCUT2D eigenvalue weighted by Crippen LogP contribution is -2.29. The number of hydrogen-bond acceptors (Lipinski definition) is 5. The molecule has 0 unspecified atom stereocenters. The molecule has 0 saturated heterocycles. The summed E-state index contributed by atoms with van der Waals surface area (Å²) in [6, 6.07) is 8.26. The van der Waals surface area contributed by atoms with Crippen LogP contribution in [0.25, 0.3) is 0 Å². The number of hydrogen-bond donors (Lipinski definition) is 2. The number of aliphatic imine (C=N–C) groups is 1. The van der Waals surface area contributed by atoms with Crippen LogP contribution in [0.1, 0.15) is 33.5 Å². The number of carbonyl (C=O) groups is 1. The monoisotopic (exact) mass is 399 g/mol. The predicted octanol–water partition coefficient (Wildman–Crippen LogP) is 4.54. The summed E-state index contributed by atoms with van der Waals surface area (Å²) in [6.45, 7) is 3.81. The lowest BCUT2D eigenvalue weighted by molar-refractivity contribution is 0.103. The van der Waals surface area contributed by atoms with E-state index >= 15 is 0 Å². The zero-order chi connectivity index (χ0) is 17.3. The smallest absolute Gasteiger partial charge is 0.265 e. The number of amides is 1. The van der Waals surface area contributed by atoms with E-state index in [0.717, 1.165) is 10.6 Å². The van der Waals surface area contributed by atoms with Crippen molar-refractivity contribution in [1.29, 1.82) is 0 Å². The minimum Gasteiger partial charge on any atom is -0.379 e. The van der Waals surface area contributed by atoms with Gasteiger partial charge in [-0.2, -0.15) is 0 Å². The van der Waals surface area contributed by atoms with Crippen molar-refractivity contribution >= 4 is 52.3 Å². The van der Waals surface area contributed by atoms with E-state index in [2.05, 4.69) is 10.3 Å². The van der Waals surface area contributed by atoms with E-state index in [0.29, 0.717) is 27.7 Å². The Hall–Kier alpha value is -1.57. The summed E-state index contributed by atoms with van der Waals surface area (Å²) in [5, 5.41) is 3.29. The number of carbonyl (C=O) groups excluding carboxylic acids is 1. The molecule has 0 spiro atoms. The standard InChI is InChI=1S/C17H18FN3OS2.ClH/c1-10-3-6-14(24-10)15(22)20-11-4-5-13(18)12(9-11)17(2)7-8-23-16(19)21-17;/h3-6,9H,7-8H2,1-2H3,(H2,19,21)(H,20,22);1H/t17-;/m0./s1. The molecule has 1 amide bonds. The van der Waals surface area contributed by atoms with E-state index in [-0.39, 0.29) is 24.1 Å². The fraction of sp³-hybridized carbons (Fsp3) is 0.294. The summed E-state index contributed by atoms with van der Waals surface area (Å²) in [5.41, 5.74) is 6.11. The molecule has 0 saturated carbocycles. The van der Waals surface area contributed by atoms with Crippen LogP contribution in [0.4, 0.5) is 10.1 Å². The van der Waals surface area contributed by atoms with E-state index in [1.54, 1.807) is 18.2 Å². The molecule has 1 atom stereocenters. The average Bonchev–Trinajstić information content (AvgIpc) is 2.95. The Labute approximate surface area is 160 Å². The number of nitrogens with one attached hydrogen (secondary N) is 1. The minimum absolute atomic E-state index is 0. The van der Waals surface area contributed by atoms with E-state index in [9.17, 15) is 9.18 Å². The molecule has 4 nitrogen and oxygen atoms in total. The summed E-state index contributed by atoms with van der Waals surface area (Å²) in [7, 11) is 0. The van der Waals surface area contributed by atoms with E-state index in [1.807, 2.05) is 19.9 Å². The van der Waals surface area contributed by atoms with Crippen LogP contribution in [0.15, 0.2) is 35.3 Å². The van der Waals surface area contributed by atoms with Gasteiger partial charge in [0.15, 0.2) is 5.17 Å². The molecule has 0 bridgehead atoms. The van der Waals surface area contributed by atoms with Crippen LogP contribution >= 0.6 is 35.5 Å². The van der Waals surface area contributed by atoms with Crippen LogP contribution in [0.5, 0.6) is 0 Å². The maximum absolute atomic E-state index is 14.4. The van der Waals surface area contributed by atoms with Crippen molar-refractivity contribution in [3.05, 3.63) is 51.5 Å². The van der Waals surface area contributed by atoms with Crippen molar-refractivity contribution in [1.82, 2.24) is 0 Å². The van der Waals surface area contributed by atoms with Gasteiger partial charge in [-0.05, 0) is 50.6 Å². The zero-order valence-electron chi connectivity index (χ0n) is 13.8. The number of thiophene rings is 1. The van der Waals surface area contributed by atoms with E-state index in [1.165, 1.54) is 29.2 Å². The highest BCUT2D eigenvalue weighted by Gasteiger charge is 2.32. The predicted molar refractivity (Wildman–Crippen MR) is 107 cm³/mol. The highest BCUT2D eigenvalue weighted by Crippen LogP contribution is 2.37. The number of nitrogens with zero attached hydrogens (tertiary/aromatic N) is 1. The average molecular weight is 400 g/mol. The Balaban J connectivity index is 0.00000225. The fourth-order valence-corrected chi connectivity index (χ4v) is 4.38. The Kier molecular flexibility index (Phi) is 6.13. The fourth-order valence-electron chi connectivity index (χ4n) is 2.65. The van der Waals surface area contributed by atoms with Gasteiger partial charge in [0.1, 0.15) is 5.82 Å². The normalized spacial score (nSPS) is 19.7. The van der Waals surface area contributed by atoms with Gasteiger partial charge < -0.3 is 11.1 Å². The summed E-state index contributed by atoms with van der Waals surface area (Å²) < 4.78 is 14.4.